The Kier molecular flexibility index (Phi) is 4.53. The van der Waals surface area contributed by atoms with Gasteiger partial charge in [-0.3, -0.25) is 4.79 Å². The van der Waals surface area contributed by atoms with Crippen molar-refractivity contribution in [3.63, 3.8) is 0 Å². The molecule has 2 N–H and O–H groups in total. The molecule has 4 nitrogen and oxygen atoms in total. The van der Waals surface area contributed by atoms with Gasteiger partial charge in [-0.2, -0.15) is 0 Å². The molecule has 1 amide bonds. The number of ether oxygens (including phenoxy) is 1. The minimum atomic E-state index is -0.0544. The summed E-state index contributed by atoms with van der Waals surface area (Å²) in [5, 5.41) is 0.819. The first-order chi connectivity index (χ1) is 9.99. The average Bonchev–Trinajstić information content (AvgIpc) is 2.81. The van der Waals surface area contributed by atoms with E-state index in [0.29, 0.717) is 29.4 Å². The number of thiophene rings is 1. The monoisotopic (exact) mass is 304 g/mol. The molecule has 0 aliphatic heterocycles. The number of benzene rings is 1. The lowest BCUT2D eigenvalue weighted by atomic mass is 10.2. The predicted octanol–water partition coefficient (Wildman–Crippen LogP) is 3.53. The molecule has 0 atom stereocenters. The van der Waals surface area contributed by atoms with Crippen LogP contribution < -0.4 is 10.5 Å². The number of rotatable bonds is 5. The Morgan fingerprint density at radius 3 is 2.76 bits per heavy atom. The molecule has 0 saturated heterocycles. The molecule has 0 unspecified atom stereocenters. The van der Waals surface area contributed by atoms with Crippen LogP contribution in [-0.4, -0.2) is 31.0 Å². The van der Waals surface area contributed by atoms with Crippen LogP contribution >= 0.6 is 11.3 Å². The molecule has 0 aliphatic rings. The van der Waals surface area contributed by atoms with Crippen LogP contribution in [0.15, 0.2) is 30.4 Å². The maximum Gasteiger partial charge on any atom is 0.266 e. The van der Waals surface area contributed by atoms with E-state index in [-0.39, 0.29) is 5.91 Å². The van der Waals surface area contributed by atoms with Crippen LogP contribution in [-0.2, 0) is 0 Å². The fraction of sp³-hybridized carbons (Fsp3) is 0.312. The van der Waals surface area contributed by atoms with E-state index >= 15 is 0 Å². The van der Waals surface area contributed by atoms with Gasteiger partial charge in [0.15, 0.2) is 0 Å². The second-order valence-corrected chi connectivity index (χ2v) is 6.01. The Bertz CT molecular complexity index is 691. The van der Waals surface area contributed by atoms with E-state index in [1.54, 1.807) is 12.0 Å². The number of likely N-dealkylation sites (N-methyl/N-ethyl adjacent to an activating group) is 1. The molecule has 2 rings (SSSR count). The molecule has 1 aromatic heterocycles. The van der Waals surface area contributed by atoms with Crippen molar-refractivity contribution in [2.45, 2.75) is 13.8 Å². The van der Waals surface area contributed by atoms with E-state index in [1.807, 2.05) is 32.0 Å². The van der Waals surface area contributed by atoms with Crippen LogP contribution in [0, 0.1) is 0 Å². The fourth-order valence-electron chi connectivity index (χ4n) is 2.27. The molecular weight excluding hydrogens is 284 g/mol. The number of fused-ring (bicyclic) bond motifs is 1. The van der Waals surface area contributed by atoms with Crippen LogP contribution in [0.2, 0.25) is 0 Å². The van der Waals surface area contributed by atoms with Crippen LogP contribution in [0.5, 0.6) is 5.75 Å². The number of amides is 1. The highest BCUT2D eigenvalue weighted by molar-refractivity contribution is 7.21. The Labute approximate surface area is 128 Å². The summed E-state index contributed by atoms with van der Waals surface area (Å²) < 4.78 is 6.30. The molecule has 2 aromatic rings. The summed E-state index contributed by atoms with van der Waals surface area (Å²) in [6.45, 7) is 8.89. The van der Waals surface area contributed by atoms with Gasteiger partial charge in [0, 0.05) is 17.8 Å². The fourth-order valence-corrected chi connectivity index (χ4v) is 3.37. The zero-order valence-corrected chi connectivity index (χ0v) is 13.4. The third-order valence-corrected chi connectivity index (χ3v) is 4.42. The molecule has 1 aromatic carbocycles. The number of hydrogen-bond donors (Lipinski definition) is 1. The number of nitrogen functional groups attached to an aromatic ring is 1. The van der Waals surface area contributed by atoms with Gasteiger partial charge in [-0.15, -0.1) is 11.3 Å². The van der Waals surface area contributed by atoms with E-state index in [9.17, 15) is 4.79 Å². The number of carbonyl (C=O) groups is 1. The maximum absolute atomic E-state index is 12.7. The Hall–Kier alpha value is -2.01. The van der Waals surface area contributed by atoms with Crippen molar-refractivity contribution in [1.29, 1.82) is 0 Å². The first-order valence-corrected chi connectivity index (χ1v) is 7.59. The second-order valence-electron chi connectivity index (χ2n) is 4.95. The smallest absolute Gasteiger partial charge is 0.266 e. The minimum absolute atomic E-state index is 0.0544. The number of carbonyl (C=O) groups excluding carboxylic acids is 1. The molecular formula is C16H20N2O2S. The third kappa shape index (κ3) is 2.88. The number of hydrogen-bond acceptors (Lipinski definition) is 4. The third-order valence-electron chi connectivity index (χ3n) is 3.26. The molecule has 0 spiro atoms. The molecule has 21 heavy (non-hydrogen) atoms. The summed E-state index contributed by atoms with van der Waals surface area (Å²) in [7, 11) is 1.60. The largest absolute Gasteiger partial charge is 0.496 e. The lowest BCUT2D eigenvalue weighted by Gasteiger charge is -2.20. The number of nitrogens with two attached hydrogens (primary N) is 1. The normalized spacial score (nSPS) is 10.6. The highest BCUT2D eigenvalue weighted by atomic mass is 32.1. The standard InChI is InChI=1S/C16H20N2O2S/c1-5-18(9-10(2)3)16(19)15-14(17)13-11(20-4)7-6-8-12(13)21-15/h6-8H,2,5,9,17H2,1,3-4H3. The number of nitrogens with zero attached hydrogens (tertiary/aromatic N) is 1. The van der Waals surface area contributed by atoms with Gasteiger partial charge >= 0.3 is 0 Å². The van der Waals surface area contributed by atoms with Gasteiger partial charge in [0.25, 0.3) is 5.91 Å². The van der Waals surface area contributed by atoms with Crippen LogP contribution in [0.4, 0.5) is 5.69 Å². The summed E-state index contributed by atoms with van der Waals surface area (Å²) in [5.74, 6) is 0.643. The van der Waals surface area contributed by atoms with Crippen molar-refractivity contribution >= 4 is 33.0 Å². The summed E-state index contributed by atoms with van der Waals surface area (Å²) in [6.07, 6.45) is 0. The predicted molar refractivity (Wildman–Crippen MR) is 89.2 cm³/mol. The van der Waals surface area contributed by atoms with Gasteiger partial charge < -0.3 is 15.4 Å². The van der Waals surface area contributed by atoms with Gasteiger partial charge in [0.2, 0.25) is 0 Å². The quantitative estimate of drug-likeness (QED) is 0.860. The second kappa shape index (κ2) is 6.18. The molecule has 0 aliphatic carbocycles. The van der Waals surface area contributed by atoms with Gasteiger partial charge in [-0.1, -0.05) is 18.2 Å². The molecule has 112 valence electrons. The van der Waals surface area contributed by atoms with Gasteiger partial charge in [-0.25, -0.2) is 0 Å². The number of methoxy groups -OCH3 is 1. The first-order valence-electron chi connectivity index (χ1n) is 6.78. The summed E-state index contributed by atoms with van der Waals surface area (Å²) in [6, 6.07) is 5.70. The van der Waals surface area contributed by atoms with Crippen molar-refractivity contribution in [3.8, 4) is 5.75 Å². The first kappa shape index (κ1) is 15.4. The van der Waals surface area contributed by atoms with Crippen LogP contribution in [0.25, 0.3) is 10.1 Å². The average molecular weight is 304 g/mol. The molecule has 0 fully saturated rings. The van der Waals surface area contributed by atoms with Crippen molar-refractivity contribution in [2.75, 3.05) is 25.9 Å². The zero-order chi connectivity index (χ0) is 15.6. The van der Waals surface area contributed by atoms with Gasteiger partial charge in [0.1, 0.15) is 10.6 Å². The maximum atomic E-state index is 12.7. The van der Waals surface area contributed by atoms with Crippen LogP contribution in [0.1, 0.15) is 23.5 Å². The van der Waals surface area contributed by atoms with Crippen molar-refractivity contribution in [1.82, 2.24) is 4.90 Å². The summed E-state index contributed by atoms with van der Waals surface area (Å²) in [4.78, 5) is 15.0. The highest BCUT2D eigenvalue weighted by Gasteiger charge is 2.22. The SMILES string of the molecule is C=C(C)CN(CC)C(=O)c1sc2cccc(OC)c2c1N. The lowest BCUT2D eigenvalue weighted by Crippen LogP contribution is -2.32. The van der Waals surface area contributed by atoms with Gasteiger partial charge in [-0.05, 0) is 26.0 Å². The van der Waals surface area contributed by atoms with E-state index in [2.05, 4.69) is 6.58 Å². The van der Waals surface area contributed by atoms with Gasteiger partial charge in [0.05, 0.1) is 18.2 Å². The molecule has 5 heteroatoms. The molecule has 0 radical (unpaired) electrons. The molecule has 1 heterocycles. The molecule has 0 saturated carbocycles. The van der Waals surface area contributed by atoms with E-state index in [1.165, 1.54) is 11.3 Å². The van der Waals surface area contributed by atoms with E-state index < -0.39 is 0 Å². The van der Waals surface area contributed by atoms with Crippen LogP contribution in [0.3, 0.4) is 0 Å². The van der Waals surface area contributed by atoms with Crippen molar-refractivity contribution in [3.05, 3.63) is 35.2 Å². The summed E-state index contributed by atoms with van der Waals surface area (Å²) >= 11 is 1.41. The Morgan fingerprint density at radius 1 is 1.48 bits per heavy atom. The Morgan fingerprint density at radius 2 is 2.19 bits per heavy atom. The highest BCUT2D eigenvalue weighted by Crippen LogP contribution is 2.39. The zero-order valence-electron chi connectivity index (χ0n) is 12.6. The molecule has 0 bridgehead atoms. The Balaban J connectivity index is 2.49. The minimum Gasteiger partial charge on any atom is -0.496 e. The number of anilines is 1. The van der Waals surface area contributed by atoms with Crippen molar-refractivity contribution in [2.24, 2.45) is 0 Å². The van der Waals surface area contributed by atoms with E-state index in [0.717, 1.165) is 15.7 Å². The van der Waals surface area contributed by atoms with E-state index in [4.69, 9.17) is 10.5 Å². The topological polar surface area (TPSA) is 55.6 Å². The van der Waals surface area contributed by atoms with Crippen molar-refractivity contribution < 1.29 is 9.53 Å². The summed E-state index contributed by atoms with van der Waals surface area (Å²) in [5.41, 5.74) is 7.64. The lowest BCUT2D eigenvalue weighted by molar-refractivity contribution is 0.0784.